The summed E-state index contributed by atoms with van der Waals surface area (Å²) >= 11 is 0. The molecule has 2 aromatic rings. The lowest BCUT2D eigenvalue weighted by Gasteiger charge is -2.17. The van der Waals surface area contributed by atoms with Crippen molar-refractivity contribution in [1.29, 1.82) is 0 Å². The smallest absolute Gasteiger partial charge is 0.356 e. The van der Waals surface area contributed by atoms with Crippen LogP contribution in [0.3, 0.4) is 0 Å². The third kappa shape index (κ3) is 4.10. The van der Waals surface area contributed by atoms with E-state index in [2.05, 4.69) is 36.4 Å². The maximum Gasteiger partial charge on any atom is 0.356 e. The summed E-state index contributed by atoms with van der Waals surface area (Å²) in [6.45, 7) is 7.87. The first-order valence-electron chi connectivity index (χ1n) is 8.35. The van der Waals surface area contributed by atoms with Crippen LogP contribution in [0.4, 0.5) is 11.4 Å². The highest BCUT2D eigenvalue weighted by Gasteiger charge is 2.23. The highest BCUT2D eigenvalue weighted by atomic mass is 16.5. The van der Waals surface area contributed by atoms with Crippen molar-refractivity contribution in [1.82, 2.24) is 9.55 Å². The second kappa shape index (κ2) is 7.55. The normalized spacial score (nSPS) is 12.3. The Morgan fingerprint density at radius 3 is 2.56 bits per heavy atom. The molecule has 0 fully saturated rings. The van der Waals surface area contributed by atoms with E-state index in [1.807, 2.05) is 6.07 Å². The predicted octanol–water partition coefficient (Wildman–Crippen LogP) is 3.16. The lowest BCUT2D eigenvalue weighted by molar-refractivity contribution is -0.114. The zero-order valence-corrected chi connectivity index (χ0v) is 15.6. The summed E-state index contributed by atoms with van der Waals surface area (Å²) in [4.78, 5) is 28.2. The number of pyridine rings is 1. The van der Waals surface area contributed by atoms with E-state index in [0.717, 1.165) is 12.1 Å². The molecule has 0 radical (unpaired) electrons. The molecule has 136 valence electrons. The molecule has 7 heteroatoms. The number of amides is 1. The molecule has 1 atom stereocenters. The predicted molar refractivity (Wildman–Crippen MR) is 98.9 cm³/mol. The molecule has 0 saturated carbocycles. The van der Waals surface area contributed by atoms with Crippen LogP contribution in [0.25, 0.3) is 11.0 Å². The molecule has 0 spiro atoms. The summed E-state index contributed by atoms with van der Waals surface area (Å²) in [6.07, 6.45) is 2.76. The number of aryl methyl sites for hydroxylation is 1. The van der Waals surface area contributed by atoms with Crippen molar-refractivity contribution in [2.24, 2.45) is 13.0 Å². The fourth-order valence-corrected chi connectivity index (χ4v) is 3.08. The van der Waals surface area contributed by atoms with E-state index in [-0.39, 0.29) is 17.6 Å². The fraction of sp³-hybridized carbons (Fsp3) is 0.500. The topological polar surface area (TPSA) is 85.2 Å². The monoisotopic (exact) mass is 346 g/mol. The zero-order chi connectivity index (χ0) is 18.7. The number of hydrogen-bond donors (Lipinski definition) is 2. The standard InChI is InChI=1S/C18H26N4O3/c1-10(2)7-11(3)20-13-8-14-15(21-12(4)23)16(18(24)25-6)22(5)17(14)19-9-13/h8-11,20H,7H2,1-6H3,(H,21,23)/t11-/m0/s1. The van der Waals surface area contributed by atoms with Gasteiger partial charge in [0.15, 0.2) is 5.69 Å². The van der Waals surface area contributed by atoms with Gasteiger partial charge in [-0.05, 0) is 25.3 Å². The van der Waals surface area contributed by atoms with Gasteiger partial charge in [-0.25, -0.2) is 9.78 Å². The summed E-state index contributed by atoms with van der Waals surface area (Å²) in [5.74, 6) is -0.201. The Labute approximate surface area is 147 Å². The van der Waals surface area contributed by atoms with Crippen molar-refractivity contribution in [3.8, 4) is 0 Å². The number of methoxy groups -OCH3 is 1. The Bertz CT molecular complexity index is 795. The van der Waals surface area contributed by atoms with Crippen LogP contribution in [-0.2, 0) is 16.6 Å². The maximum atomic E-state index is 12.2. The average Bonchev–Trinajstić information content (AvgIpc) is 2.77. The molecule has 2 N–H and O–H groups in total. The number of ether oxygens (including phenoxy) is 1. The number of carbonyl (C=O) groups excluding carboxylic acids is 2. The Morgan fingerprint density at radius 2 is 2.00 bits per heavy atom. The summed E-state index contributed by atoms with van der Waals surface area (Å²) in [5, 5.41) is 6.85. The van der Waals surface area contributed by atoms with Crippen LogP contribution in [0.15, 0.2) is 12.3 Å². The summed E-state index contributed by atoms with van der Waals surface area (Å²) in [7, 11) is 3.03. The van der Waals surface area contributed by atoms with E-state index in [4.69, 9.17) is 4.74 Å². The van der Waals surface area contributed by atoms with E-state index in [1.54, 1.807) is 17.8 Å². The van der Waals surface area contributed by atoms with Crippen molar-refractivity contribution in [2.75, 3.05) is 17.7 Å². The van der Waals surface area contributed by atoms with Crippen molar-refractivity contribution < 1.29 is 14.3 Å². The van der Waals surface area contributed by atoms with Gasteiger partial charge in [0.2, 0.25) is 5.91 Å². The third-order valence-corrected chi connectivity index (χ3v) is 3.94. The van der Waals surface area contributed by atoms with Crippen molar-refractivity contribution in [3.63, 3.8) is 0 Å². The SMILES string of the molecule is COC(=O)c1c(NC(C)=O)c2cc(N[C@@H](C)CC(C)C)cnc2n1C. The number of esters is 1. The molecule has 0 bridgehead atoms. The van der Waals surface area contributed by atoms with Crippen LogP contribution >= 0.6 is 0 Å². The largest absolute Gasteiger partial charge is 0.464 e. The van der Waals surface area contributed by atoms with Crippen LogP contribution in [0.1, 0.15) is 44.6 Å². The first-order chi connectivity index (χ1) is 11.7. The Balaban J connectivity index is 2.52. The molecule has 2 heterocycles. The molecule has 2 rings (SSSR count). The molecular formula is C18H26N4O3. The van der Waals surface area contributed by atoms with Crippen LogP contribution in [0, 0.1) is 5.92 Å². The molecule has 0 aliphatic carbocycles. The van der Waals surface area contributed by atoms with Gasteiger partial charge in [0.1, 0.15) is 5.65 Å². The minimum absolute atomic E-state index is 0.260. The van der Waals surface area contributed by atoms with Crippen molar-refractivity contribution >= 4 is 34.3 Å². The van der Waals surface area contributed by atoms with Crippen LogP contribution in [-0.4, -0.2) is 34.6 Å². The minimum atomic E-state index is -0.521. The highest BCUT2D eigenvalue weighted by Crippen LogP contribution is 2.32. The first-order valence-corrected chi connectivity index (χ1v) is 8.35. The van der Waals surface area contributed by atoms with Gasteiger partial charge in [0.25, 0.3) is 0 Å². The van der Waals surface area contributed by atoms with Gasteiger partial charge in [-0.3, -0.25) is 4.79 Å². The molecule has 25 heavy (non-hydrogen) atoms. The molecule has 7 nitrogen and oxygen atoms in total. The van der Waals surface area contributed by atoms with E-state index in [1.165, 1.54) is 14.0 Å². The van der Waals surface area contributed by atoms with E-state index in [9.17, 15) is 9.59 Å². The Morgan fingerprint density at radius 1 is 1.32 bits per heavy atom. The number of carbonyl (C=O) groups is 2. The second-order valence-electron chi connectivity index (χ2n) is 6.73. The lowest BCUT2D eigenvalue weighted by Crippen LogP contribution is -2.17. The number of hydrogen-bond acceptors (Lipinski definition) is 5. The fourth-order valence-electron chi connectivity index (χ4n) is 3.08. The molecule has 0 unspecified atom stereocenters. The van der Waals surface area contributed by atoms with E-state index in [0.29, 0.717) is 22.6 Å². The minimum Gasteiger partial charge on any atom is -0.464 e. The molecule has 1 amide bonds. The van der Waals surface area contributed by atoms with Crippen LogP contribution < -0.4 is 10.6 Å². The number of fused-ring (bicyclic) bond motifs is 1. The molecular weight excluding hydrogens is 320 g/mol. The number of rotatable bonds is 6. The Kier molecular flexibility index (Phi) is 5.66. The molecule has 0 aliphatic rings. The second-order valence-corrected chi connectivity index (χ2v) is 6.73. The maximum absolute atomic E-state index is 12.2. The van der Waals surface area contributed by atoms with Crippen LogP contribution in [0.5, 0.6) is 0 Å². The van der Waals surface area contributed by atoms with Crippen molar-refractivity contribution in [3.05, 3.63) is 18.0 Å². The summed E-state index contributed by atoms with van der Waals surface area (Å²) in [5.41, 5.74) is 2.14. The van der Waals surface area contributed by atoms with Crippen LogP contribution in [0.2, 0.25) is 0 Å². The van der Waals surface area contributed by atoms with Gasteiger partial charge in [-0.2, -0.15) is 0 Å². The number of nitrogens with one attached hydrogen (secondary N) is 2. The number of anilines is 2. The van der Waals surface area contributed by atoms with Gasteiger partial charge in [-0.15, -0.1) is 0 Å². The highest BCUT2D eigenvalue weighted by molar-refractivity contribution is 6.10. The van der Waals surface area contributed by atoms with E-state index >= 15 is 0 Å². The summed E-state index contributed by atoms with van der Waals surface area (Å²) < 4.78 is 6.49. The first kappa shape index (κ1) is 18.8. The van der Waals surface area contributed by atoms with Gasteiger partial charge in [0, 0.05) is 25.4 Å². The summed E-state index contributed by atoms with van der Waals surface area (Å²) in [6, 6.07) is 2.18. The van der Waals surface area contributed by atoms with Gasteiger partial charge >= 0.3 is 5.97 Å². The van der Waals surface area contributed by atoms with Crippen molar-refractivity contribution in [2.45, 2.75) is 40.2 Å². The van der Waals surface area contributed by atoms with Gasteiger partial charge in [-0.1, -0.05) is 13.8 Å². The molecule has 0 saturated heterocycles. The number of nitrogens with zero attached hydrogens (tertiary/aromatic N) is 2. The molecule has 0 aromatic carbocycles. The lowest BCUT2D eigenvalue weighted by atomic mass is 10.1. The zero-order valence-electron chi connectivity index (χ0n) is 15.6. The Hall–Kier alpha value is -2.57. The van der Waals surface area contributed by atoms with Gasteiger partial charge < -0.3 is 19.9 Å². The average molecular weight is 346 g/mol. The number of aromatic nitrogens is 2. The quantitative estimate of drug-likeness (QED) is 0.785. The third-order valence-electron chi connectivity index (χ3n) is 3.94. The molecule has 0 aliphatic heterocycles. The van der Waals surface area contributed by atoms with Gasteiger partial charge in [0.05, 0.1) is 24.7 Å². The van der Waals surface area contributed by atoms with E-state index < -0.39 is 5.97 Å². The molecule has 2 aromatic heterocycles.